The van der Waals surface area contributed by atoms with E-state index in [4.69, 9.17) is 14.3 Å². The van der Waals surface area contributed by atoms with Crippen LogP contribution in [-0.2, 0) is 16.2 Å². The van der Waals surface area contributed by atoms with E-state index in [1.165, 1.54) is 0 Å². The number of methoxy groups -OCH3 is 1. The molecule has 3 aromatic carbocycles. The van der Waals surface area contributed by atoms with Gasteiger partial charge in [-0.3, -0.25) is 4.79 Å². The van der Waals surface area contributed by atoms with Crippen LogP contribution in [0.15, 0.2) is 78.0 Å². The van der Waals surface area contributed by atoms with Crippen molar-refractivity contribution < 1.29 is 19.1 Å². The number of oxime groups is 1. The summed E-state index contributed by atoms with van der Waals surface area (Å²) in [7, 11) is 1.54. The van der Waals surface area contributed by atoms with Gasteiger partial charge in [0.1, 0.15) is 6.61 Å². The topological polar surface area (TPSA) is 69.1 Å². The molecule has 0 atom stereocenters. The quantitative estimate of drug-likeness (QED) is 0.419. The summed E-state index contributed by atoms with van der Waals surface area (Å²) in [5.74, 6) is 0.727. The van der Waals surface area contributed by atoms with Gasteiger partial charge in [0.15, 0.2) is 18.1 Å². The molecule has 0 heterocycles. The highest BCUT2D eigenvalue weighted by atomic mass is 16.6. The zero-order chi connectivity index (χ0) is 21.2. The van der Waals surface area contributed by atoms with Crippen molar-refractivity contribution in [3.8, 4) is 11.5 Å². The Morgan fingerprint density at radius 3 is 2.50 bits per heavy atom. The Kier molecular flexibility index (Phi) is 7.44. The van der Waals surface area contributed by atoms with Crippen molar-refractivity contribution in [1.29, 1.82) is 0 Å². The zero-order valence-electron chi connectivity index (χ0n) is 17.0. The smallest absolute Gasteiger partial charge is 0.262 e. The first-order chi connectivity index (χ1) is 14.6. The average molecular weight is 404 g/mol. The fraction of sp³-hybridized carbons (Fsp3) is 0.167. The summed E-state index contributed by atoms with van der Waals surface area (Å²) in [4.78, 5) is 17.4. The molecule has 30 heavy (non-hydrogen) atoms. The number of aryl methyl sites for hydroxylation is 1. The highest BCUT2D eigenvalue weighted by Crippen LogP contribution is 2.27. The highest BCUT2D eigenvalue weighted by molar-refractivity contribution is 5.92. The lowest BCUT2D eigenvalue weighted by molar-refractivity contribution is -0.118. The van der Waals surface area contributed by atoms with Crippen LogP contribution in [0.5, 0.6) is 11.5 Å². The Hall–Kier alpha value is -3.80. The largest absolute Gasteiger partial charge is 0.493 e. The number of rotatable bonds is 9. The fourth-order valence-corrected chi connectivity index (χ4v) is 2.65. The van der Waals surface area contributed by atoms with Gasteiger partial charge in [-0.05, 0) is 42.8 Å². The standard InChI is InChI=1S/C24H24N2O4/c1-18-8-11-21(12-9-18)26-24(27)17-29-22-13-10-20(14-23(22)28-2)15-25-30-16-19-6-4-3-5-7-19/h3-15H,16-17H2,1-2H3,(H,26,27)/b25-15-. The van der Waals surface area contributed by atoms with Crippen molar-refractivity contribution >= 4 is 17.8 Å². The second-order valence-corrected chi connectivity index (χ2v) is 6.61. The van der Waals surface area contributed by atoms with Gasteiger partial charge in [-0.25, -0.2) is 0 Å². The molecule has 0 unspecified atom stereocenters. The maximum Gasteiger partial charge on any atom is 0.262 e. The van der Waals surface area contributed by atoms with Gasteiger partial charge in [0.2, 0.25) is 0 Å². The number of carbonyl (C=O) groups is 1. The second-order valence-electron chi connectivity index (χ2n) is 6.61. The highest BCUT2D eigenvalue weighted by Gasteiger charge is 2.09. The Balaban J connectivity index is 1.52. The van der Waals surface area contributed by atoms with Gasteiger partial charge in [0.05, 0.1) is 13.3 Å². The van der Waals surface area contributed by atoms with Crippen molar-refractivity contribution in [3.05, 3.63) is 89.5 Å². The second kappa shape index (κ2) is 10.7. The number of nitrogens with zero attached hydrogens (tertiary/aromatic N) is 1. The molecule has 3 rings (SSSR count). The normalized spacial score (nSPS) is 10.6. The molecule has 1 N–H and O–H groups in total. The van der Waals surface area contributed by atoms with Crippen molar-refractivity contribution in [2.24, 2.45) is 5.16 Å². The monoisotopic (exact) mass is 404 g/mol. The van der Waals surface area contributed by atoms with E-state index in [9.17, 15) is 4.79 Å². The van der Waals surface area contributed by atoms with E-state index in [1.807, 2.05) is 67.6 Å². The Bertz CT molecular complexity index is 986. The van der Waals surface area contributed by atoms with Crippen LogP contribution in [0.1, 0.15) is 16.7 Å². The Labute approximate surface area is 176 Å². The van der Waals surface area contributed by atoms with E-state index in [0.29, 0.717) is 18.1 Å². The van der Waals surface area contributed by atoms with Crippen molar-refractivity contribution in [1.82, 2.24) is 0 Å². The van der Waals surface area contributed by atoms with Crippen LogP contribution in [0.4, 0.5) is 5.69 Å². The number of hydrogen-bond donors (Lipinski definition) is 1. The molecule has 1 amide bonds. The molecular formula is C24H24N2O4. The molecule has 0 aliphatic rings. The summed E-state index contributed by atoms with van der Waals surface area (Å²) in [6.45, 7) is 2.26. The van der Waals surface area contributed by atoms with Gasteiger partial charge in [0, 0.05) is 11.3 Å². The summed E-state index contributed by atoms with van der Waals surface area (Å²) in [5, 5.41) is 6.78. The number of nitrogens with one attached hydrogen (secondary N) is 1. The third-order valence-corrected chi connectivity index (χ3v) is 4.23. The van der Waals surface area contributed by atoms with Crippen molar-refractivity contribution in [2.75, 3.05) is 19.0 Å². The lowest BCUT2D eigenvalue weighted by Crippen LogP contribution is -2.20. The summed E-state index contributed by atoms with van der Waals surface area (Å²) >= 11 is 0. The third kappa shape index (κ3) is 6.38. The van der Waals surface area contributed by atoms with E-state index in [1.54, 1.807) is 25.5 Å². The predicted molar refractivity (Wildman–Crippen MR) is 117 cm³/mol. The van der Waals surface area contributed by atoms with Crippen molar-refractivity contribution in [3.63, 3.8) is 0 Å². The lowest BCUT2D eigenvalue weighted by Gasteiger charge is -2.11. The van der Waals surface area contributed by atoms with Crippen LogP contribution < -0.4 is 14.8 Å². The Morgan fingerprint density at radius 2 is 1.77 bits per heavy atom. The summed E-state index contributed by atoms with van der Waals surface area (Å²) in [6.07, 6.45) is 1.60. The number of ether oxygens (including phenoxy) is 2. The van der Waals surface area contributed by atoms with E-state index in [2.05, 4.69) is 10.5 Å². The van der Waals surface area contributed by atoms with Gasteiger partial charge in [0.25, 0.3) is 5.91 Å². The first kappa shape index (κ1) is 20.9. The predicted octanol–water partition coefficient (Wildman–Crippen LogP) is 4.57. The molecule has 0 spiro atoms. The Morgan fingerprint density at radius 1 is 1.00 bits per heavy atom. The van der Waals surface area contributed by atoms with Crippen LogP contribution in [0.25, 0.3) is 0 Å². The van der Waals surface area contributed by atoms with E-state index in [0.717, 1.165) is 22.4 Å². The minimum absolute atomic E-state index is 0.127. The number of hydrogen-bond acceptors (Lipinski definition) is 5. The molecule has 6 nitrogen and oxygen atoms in total. The maximum absolute atomic E-state index is 12.1. The van der Waals surface area contributed by atoms with Crippen LogP contribution in [0, 0.1) is 6.92 Å². The zero-order valence-corrected chi connectivity index (χ0v) is 17.0. The molecular weight excluding hydrogens is 380 g/mol. The minimum Gasteiger partial charge on any atom is -0.493 e. The first-order valence-corrected chi connectivity index (χ1v) is 9.50. The van der Waals surface area contributed by atoms with Gasteiger partial charge in [-0.1, -0.05) is 53.2 Å². The molecule has 0 saturated heterocycles. The lowest BCUT2D eigenvalue weighted by atomic mass is 10.2. The van der Waals surface area contributed by atoms with Crippen LogP contribution >= 0.6 is 0 Å². The number of benzene rings is 3. The molecule has 6 heteroatoms. The van der Waals surface area contributed by atoms with E-state index < -0.39 is 0 Å². The SMILES string of the molecule is COc1cc(/C=N\OCc2ccccc2)ccc1OCC(=O)Nc1ccc(C)cc1. The van der Waals surface area contributed by atoms with E-state index >= 15 is 0 Å². The third-order valence-electron chi connectivity index (χ3n) is 4.23. The van der Waals surface area contributed by atoms with Gasteiger partial charge in [-0.15, -0.1) is 0 Å². The molecule has 0 aromatic heterocycles. The van der Waals surface area contributed by atoms with Gasteiger partial charge >= 0.3 is 0 Å². The molecule has 0 fully saturated rings. The molecule has 0 radical (unpaired) electrons. The summed E-state index contributed by atoms with van der Waals surface area (Å²) in [6, 6.07) is 22.7. The summed E-state index contributed by atoms with van der Waals surface area (Å²) in [5.41, 5.74) is 3.68. The van der Waals surface area contributed by atoms with E-state index in [-0.39, 0.29) is 12.5 Å². The molecule has 0 aliphatic carbocycles. The molecule has 3 aromatic rings. The van der Waals surface area contributed by atoms with Crippen molar-refractivity contribution in [2.45, 2.75) is 13.5 Å². The van der Waals surface area contributed by atoms with Crippen LogP contribution in [-0.4, -0.2) is 25.8 Å². The fourth-order valence-electron chi connectivity index (χ4n) is 2.65. The van der Waals surface area contributed by atoms with Crippen LogP contribution in [0.2, 0.25) is 0 Å². The average Bonchev–Trinajstić information content (AvgIpc) is 2.78. The van der Waals surface area contributed by atoms with Gasteiger partial charge in [-0.2, -0.15) is 0 Å². The first-order valence-electron chi connectivity index (χ1n) is 9.50. The summed E-state index contributed by atoms with van der Waals surface area (Å²) < 4.78 is 11.0. The maximum atomic E-state index is 12.1. The van der Waals surface area contributed by atoms with Crippen LogP contribution in [0.3, 0.4) is 0 Å². The number of amides is 1. The minimum atomic E-state index is -0.249. The molecule has 0 bridgehead atoms. The number of carbonyl (C=O) groups excluding carboxylic acids is 1. The van der Waals surface area contributed by atoms with Gasteiger partial charge < -0.3 is 19.6 Å². The molecule has 0 saturated carbocycles. The molecule has 154 valence electrons. The number of anilines is 1. The molecule has 0 aliphatic heterocycles.